The maximum atomic E-state index is 10.7. The number of nitrogens with zero attached hydrogens (tertiary/aromatic N) is 1. The van der Waals surface area contributed by atoms with Crippen LogP contribution in [0.4, 0.5) is 0 Å². The lowest BCUT2D eigenvalue weighted by Gasteiger charge is -2.28. The molecule has 0 aliphatic carbocycles. The molecule has 0 bridgehead atoms. The predicted octanol–water partition coefficient (Wildman–Crippen LogP) is 1.86. The molecule has 0 spiro atoms. The SMILES string of the molecule is COCC(O)(CCCN(C)C)c1ccccc1. The molecule has 17 heavy (non-hydrogen) atoms. The summed E-state index contributed by atoms with van der Waals surface area (Å²) in [7, 11) is 5.70. The first-order valence-corrected chi connectivity index (χ1v) is 6.00. The monoisotopic (exact) mass is 237 g/mol. The van der Waals surface area contributed by atoms with E-state index in [0.717, 1.165) is 18.5 Å². The fraction of sp³-hybridized carbons (Fsp3) is 0.571. The lowest BCUT2D eigenvalue weighted by Crippen LogP contribution is -2.32. The van der Waals surface area contributed by atoms with Crippen LogP contribution in [0.2, 0.25) is 0 Å². The van der Waals surface area contributed by atoms with Crippen molar-refractivity contribution >= 4 is 0 Å². The van der Waals surface area contributed by atoms with Crippen molar-refractivity contribution in [2.75, 3.05) is 34.4 Å². The lowest BCUT2D eigenvalue weighted by molar-refractivity contribution is -0.0441. The second kappa shape index (κ2) is 6.74. The Hall–Kier alpha value is -0.900. The van der Waals surface area contributed by atoms with E-state index in [0.29, 0.717) is 13.0 Å². The van der Waals surface area contributed by atoms with Gasteiger partial charge in [-0.05, 0) is 39.0 Å². The van der Waals surface area contributed by atoms with Crippen molar-refractivity contribution in [1.82, 2.24) is 4.90 Å². The summed E-state index contributed by atoms with van der Waals surface area (Å²) in [6.07, 6.45) is 1.66. The molecule has 1 rings (SSSR count). The number of ether oxygens (including phenoxy) is 1. The van der Waals surface area contributed by atoms with E-state index in [9.17, 15) is 5.11 Å². The molecule has 1 unspecified atom stereocenters. The van der Waals surface area contributed by atoms with Crippen LogP contribution in [-0.2, 0) is 10.3 Å². The molecule has 0 aliphatic heterocycles. The van der Waals surface area contributed by atoms with Crippen molar-refractivity contribution in [3.05, 3.63) is 35.9 Å². The molecule has 1 aromatic rings. The Morgan fingerprint density at radius 1 is 1.24 bits per heavy atom. The Kier molecular flexibility index (Phi) is 5.62. The van der Waals surface area contributed by atoms with E-state index in [-0.39, 0.29) is 0 Å². The molecule has 1 N–H and O–H groups in total. The van der Waals surface area contributed by atoms with Crippen LogP contribution in [-0.4, -0.2) is 44.4 Å². The van der Waals surface area contributed by atoms with E-state index >= 15 is 0 Å². The second-order valence-electron chi connectivity index (χ2n) is 4.74. The molecule has 0 fully saturated rings. The first-order valence-electron chi connectivity index (χ1n) is 6.00. The van der Waals surface area contributed by atoms with Gasteiger partial charge in [-0.1, -0.05) is 30.3 Å². The average molecular weight is 237 g/mol. The van der Waals surface area contributed by atoms with E-state index in [1.807, 2.05) is 44.4 Å². The van der Waals surface area contributed by atoms with Crippen LogP contribution in [0.25, 0.3) is 0 Å². The highest BCUT2D eigenvalue weighted by Gasteiger charge is 2.28. The summed E-state index contributed by atoms with van der Waals surface area (Å²) in [4.78, 5) is 2.12. The molecule has 3 nitrogen and oxygen atoms in total. The third kappa shape index (κ3) is 4.46. The fourth-order valence-corrected chi connectivity index (χ4v) is 1.97. The van der Waals surface area contributed by atoms with E-state index in [1.54, 1.807) is 7.11 Å². The molecule has 0 heterocycles. The topological polar surface area (TPSA) is 32.7 Å². The molecule has 0 saturated carbocycles. The zero-order valence-electron chi connectivity index (χ0n) is 11.0. The van der Waals surface area contributed by atoms with Gasteiger partial charge in [-0.3, -0.25) is 0 Å². The Bertz CT molecular complexity index is 313. The molecule has 1 aromatic carbocycles. The number of rotatable bonds is 7. The summed E-state index contributed by atoms with van der Waals surface area (Å²) in [6.45, 7) is 1.31. The van der Waals surface area contributed by atoms with Gasteiger partial charge < -0.3 is 14.7 Å². The fourth-order valence-electron chi connectivity index (χ4n) is 1.97. The second-order valence-corrected chi connectivity index (χ2v) is 4.74. The van der Waals surface area contributed by atoms with Gasteiger partial charge >= 0.3 is 0 Å². The molecule has 0 aliphatic rings. The van der Waals surface area contributed by atoms with E-state index < -0.39 is 5.60 Å². The summed E-state index contributed by atoms with van der Waals surface area (Å²) in [6, 6.07) is 9.75. The van der Waals surface area contributed by atoms with Crippen LogP contribution in [0.5, 0.6) is 0 Å². The van der Waals surface area contributed by atoms with Crippen LogP contribution in [0.3, 0.4) is 0 Å². The molecular formula is C14H23NO2. The highest BCUT2D eigenvalue weighted by atomic mass is 16.5. The first-order chi connectivity index (χ1) is 8.08. The summed E-state index contributed by atoms with van der Waals surface area (Å²) < 4.78 is 5.16. The van der Waals surface area contributed by atoms with Gasteiger partial charge in [-0.15, -0.1) is 0 Å². The van der Waals surface area contributed by atoms with Crippen LogP contribution in [0, 0.1) is 0 Å². The van der Waals surface area contributed by atoms with Crippen LogP contribution in [0.1, 0.15) is 18.4 Å². The minimum atomic E-state index is -0.869. The maximum absolute atomic E-state index is 10.7. The van der Waals surface area contributed by atoms with Gasteiger partial charge in [-0.25, -0.2) is 0 Å². The molecule has 0 amide bonds. The zero-order chi connectivity index (χ0) is 12.7. The smallest absolute Gasteiger partial charge is 0.113 e. The van der Waals surface area contributed by atoms with Crippen molar-refractivity contribution in [2.24, 2.45) is 0 Å². The highest BCUT2D eigenvalue weighted by Crippen LogP contribution is 2.26. The Labute approximate surface area is 104 Å². The Balaban J connectivity index is 2.68. The Morgan fingerprint density at radius 2 is 1.88 bits per heavy atom. The van der Waals surface area contributed by atoms with Crippen LogP contribution in [0.15, 0.2) is 30.3 Å². The van der Waals surface area contributed by atoms with E-state index in [2.05, 4.69) is 4.90 Å². The molecular weight excluding hydrogens is 214 g/mol. The number of hydrogen-bond acceptors (Lipinski definition) is 3. The van der Waals surface area contributed by atoms with Crippen LogP contribution >= 0.6 is 0 Å². The number of benzene rings is 1. The first kappa shape index (κ1) is 14.2. The minimum absolute atomic E-state index is 0.338. The van der Waals surface area contributed by atoms with Crippen LogP contribution < -0.4 is 0 Å². The summed E-state index contributed by atoms with van der Waals surface area (Å²) >= 11 is 0. The normalized spacial score (nSPS) is 14.9. The summed E-state index contributed by atoms with van der Waals surface area (Å²) in [5.74, 6) is 0. The number of aliphatic hydroxyl groups is 1. The third-order valence-electron chi connectivity index (χ3n) is 2.89. The van der Waals surface area contributed by atoms with Gasteiger partial charge in [0, 0.05) is 7.11 Å². The van der Waals surface area contributed by atoms with Crippen molar-refractivity contribution in [3.8, 4) is 0 Å². The van der Waals surface area contributed by atoms with Crippen molar-refractivity contribution < 1.29 is 9.84 Å². The summed E-state index contributed by atoms with van der Waals surface area (Å²) in [5.41, 5.74) is 0.0621. The standard InChI is InChI=1S/C14H23NO2/c1-15(2)11-7-10-14(16,12-17-3)13-8-5-4-6-9-13/h4-6,8-9,16H,7,10-12H2,1-3H3. The van der Waals surface area contributed by atoms with E-state index in [1.165, 1.54) is 0 Å². The molecule has 0 radical (unpaired) electrons. The molecule has 0 aromatic heterocycles. The van der Waals surface area contributed by atoms with Gasteiger partial charge in [0.05, 0.1) is 6.61 Å². The lowest BCUT2D eigenvalue weighted by atomic mass is 9.90. The molecule has 1 atom stereocenters. The van der Waals surface area contributed by atoms with Gasteiger partial charge in [0.2, 0.25) is 0 Å². The molecule has 0 saturated heterocycles. The van der Waals surface area contributed by atoms with Crippen molar-refractivity contribution in [1.29, 1.82) is 0 Å². The van der Waals surface area contributed by atoms with Gasteiger partial charge in [-0.2, -0.15) is 0 Å². The molecule has 96 valence electrons. The molecule has 3 heteroatoms. The van der Waals surface area contributed by atoms with Crippen molar-refractivity contribution in [2.45, 2.75) is 18.4 Å². The minimum Gasteiger partial charge on any atom is -0.383 e. The average Bonchev–Trinajstić information content (AvgIpc) is 2.30. The largest absolute Gasteiger partial charge is 0.383 e. The predicted molar refractivity (Wildman–Crippen MR) is 70.0 cm³/mol. The quantitative estimate of drug-likeness (QED) is 0.785. The Morgan fingerprint density at radius 3 is 2.41 bits per heavy atom. The number of methoxy groups -OCH3 is 1. The van der Waals surface area contributed by atoms with E-state index in [4.69, 9.17) is 4.74 Å². The highest BCUT2D eigenvalue weighted by molar-refractivity contribution is 5.22. The number of hydrogen-bond donors (Lipinski definition) is 1. The van der Waals surface area contributed by atoms with Gasteiger partial charge in [0.15, 0.2) is 0 Å². The third-order valence-corrected chi connectivity index (χ3v) is 2.89. The van der Waals surface area contributed by atoms with Gasteiger partial charge in [0.1, 0.15) is 5.60 Å². The zero-order valence-corrected chi connectivity index (χ0v) is 11.0. The summed E-state index contributed by atoms with van der Waals surface area (Å²) in [5, 5.41) is 10.7. The maximum Gasteiger partial charge on any atom is 0.113 e. The van der Waals surface area contributed by atoms with Crippen molar-refractivity contribution in [3.63, 3.8) is 0 Å². The van der Waals surface area contributed by atoms with Gasteiger partial charge in [0.25, 0.3) is 0 Å².